The Morgan fingerprint density at radius 3 is 2.52 bits per heavy atom. The molecule has 0 amide bonds. The molecule has 0 N–H and O–H groups in total. The molecule has 0 saturated heterocycles. The molecule has 0 aliphatic rings. The van der Waals surface area contributed by atoms with Gasteiger partial charge in [-0.2, -0.15) is 0 Å². The minimum atomic E-state index is -0.520. The van der Waals surface area contributed by atoms with Crippen LogP contribution in [0.2, 0.25) is 5.02 Å². The Morgan fingerprint density at radius 2 is 1.76 bits per heavy atom. The van der Waals surface area contributed by atoms with Crippen LogP contribution in [0.3, 0.4) is 0 Å². The lowest BCUT2D eigenvalue weighted by Crippen LogP contribution is -1.90. The molecule has 3 aromatic carbocycles. The van der Waals surface area contributed by atoms with Gasteiger partial charge >= 0.3 is 0 Å². The molecule has 0 atom stereocenters. The summed E-state index contributed by atoms with van der Waals surface area (Å²) in [6, 6.07) is 14.8. The number of carbonyl (C=O) groups excluding carboxylic acids is 1. The molecule has 0 aromatic heterocycles. The maximum atomic E-state index is 13.4. The van der Waals surface area contributed by atoms with Crippen LogP contribution >= 0.6 is 11.6 Å². The average molecular weight is 301 g/mol. The summed E-state index contributed by atoms with van der Waals surface area (Å²) in [5.41, 5.74) is 0.225. The minimum absolute atomic E-state index is 0.225. The third kappa shape index (κ3) is 2.73. The standard InChI is InChI=1S/C17H10ClFO2/c18-16-5-6-17(15-4-2-1-3-14(15)16)21-13-8-11(10-20)7-12(19)9-13/h1-10H. The van der Waals surface area contributed by atoms with Gasteiger partial charge in [-0.25, -0.2) is 4.39 Å². The van der Waals surface area contributed by atoms with Gasteiger partial charge in [0.05, 0.1) is 0 Å². The van der Waals surface area contributed by atoms with Crippen LogP contribution < -0.4 is 4.74 Å². The first-order valence-corrected chi connectivity index (χ1v) is 6.66. The summed E-state index contributed by atoms with van der Waals surface area (Å²) >= 11 is 6.14. The van der Waals surface area contributed by atoms with Crippen molar-refractivity contribution in [1.82, 2.24) is 0 Å². The van der Waals surface area contributed by atoms with Gasteiger partial charge in [0, 0.05) is 27.4 Å². The van der Waals surface area contributed by atoms with Gasteiger partial charge in [-0.15, -0.1) is 0 Å². The Balaban J connectivity index is 2.08. The number of aldehydes is 1. The fourth-order valence-corrected chi connectivity index (χ4v) is 2.39. The highest BCUT2D eigenvalue weighted by molar-refractivity contribution is 6.35. The van der Waals surface area contributed by atoms with E-state index in [9.17, 15) is 9.18 Å². The molecule has 0 saturated carbocycles. The SMILES string of the molecule is O=Cc1cc(F)cc(Oc2ccc(Cl)c3ccccc23)c1. The van der Waals surface area contributed by atoms with E-state index >= 15 is 0 Å². The van der Waals surface area contributed by atoms with E-state index in [4.69, 9.17) is 16.3 Å². The highest BCUT2D eigenvalue weighted by Crippen LogP contribution is 2.34. The summed E-state index contributed by atoms with van der Waals surface area (Å²) in [7, 11) is 0. The Bertz CT molecular complexity index is 830. The van der Waals surface area contributed by atoms with Gasteiger partial charge in [-0.3, -0.25) is 4.79 Å². The van der Waals surface area contributed by atoms with Crippen LogP contribution in [0, 0.1) is 5.82 Å². The van der Waals surface area contributed by atoms with Crippen molar-refractivity contribution in [1.29, 1.82) is 0 Å². The van der Waals surface area contributed by atoms with E-state index in [-0.39, 0.29) is 11.3 Å². The number of halogens is 2. The zero-order valence-corrected chi connectivity index (χ0v) is 11.6. The van der Waals surface area contributed by atoms with Crippen LogP contribution in [0.5, 0.6) is 11.5 Å². The average Bonchev–Trinajstić information content (AvgIpc) is 2.50. The van der Waals surface area contributed by atoms with Crippen molar-refractivity contribution in [2.24, 2.45) is 0 Å². The molecule has 0 radical (unpaired) electrons. The topological polar surface area (TPSA) is 26.3 Å². The number of ether oxygens (including phenoxy) is 1. The van der Waals surface area contributed by atoms with Gasteiger partial charge in [-0.05, 0) is 24.3 Å². The Morgan fingerprint density at radius 1 is 1.00 bits per heavy atom. The summed E-state index contributed by atoms with van der Waals surface area (Å²) in [5.74, 6) is 0.301. The highest BCUT2D eigenvalue weighted by atomic mass is 35.5. The molecule has 0 aliphatic carbocycles. The molecular formula is C17H10ClFO2. The van der Waals surface area contributed by atoms with Gasteiger partial charge in [0.2, 0.25) is 0 Å². The fraction of sp³-hybridized carbons (Fsp3) is 0. The van der Waals surface area contributed by atoms with Crippen LogP contribution in [0.1, 0.15) is 10.4 Å². The van der Waals surface area contributed by atoms with E-state index in [2.05, 4.69) is 0 Å². The van der Waals surface area contributed by atoms with Gasteiger partial charge in [-0.1, -0.05) is 35.9 Å². The number of rotatable bonds is 3. The second kappa shape index (κ2) is 5.54. The van der Waals surface area contributed by atoms with Crippen molar-refractivity contribution in [2.75, 3.05) is 0 Å². The Hall–Kier alpha value is -2.39. The monoisotopic (exact) mass is 300 g/mol. The predicted molar refractivity (Wildman–Crippen MR) is 80.8 cm³/mol. The van der Waals surface area contributed by atoms with Crippen molar-refractivity contribution < 1.29 is 13.9 Å². The lowest BCUT2D eigenvalue weighted by molar-refractivity contribution is 0.112. The molecule has 4 heteroatoms. The lowest BCUT2D eigenvalue weighted by atomic mass is 10.1. The number of fused-ring (bicyclic) bond motifs is 1. The van der Waals surface area contributed by atoms with Crippen LogP contribution in [-0.4, -0.2) is 6.29 Å². The van der Waals surface area contributed by atoms with Gasteiger partial charge in [0.25, 0.3) is 0 Å². The van der Waals surface area contributed by atoms with Crippen LogP contribution in [0.25, 0.3) is 10.8 Å². The molecule has 3 aromatic rings. The normalized spacial score (nSPS) is 10.6. The second-order valence-electron chi connectivity index (χ2n) is 4.53. The maximum Gasteiger partial charge on any atom is 0.150 e. The number of benzene rings is 3. The van der Waals surface area contributed by atoms with Crippen molar-refractivity contribution >= 4 is 28.7 Å². The smallest absolute Gasteiger partial charge is 0.150 e. The number of hydrogen-bond donors (Lipinski definition) is 0. The van der Waals surface area contributed by atoms with Gasteiger partial charge in [0.1, 0.15) is 23.6 Å². The molecule has 0 fully saturated rings. The number of hydrogen-bond acceptors (Lipinski definition) is 2. The first kappa shape index (κ1) is 13.6. The van der Waals surface area contributed by atoms with Gasteiger partial charge < -0.3 is 4.74 Å². The Kier molecular flexibility index (Phi) is 3.59. The summed E-state index contributed by atoms with van der Waals surface area (Å²) in [4.78, 5) is 10.8. The molecule has 0 aliphatic heterocycles. The molecule has 21 heavy (non-hydrogen) atoms. The second-order valence-corrected chi connectivity index (χ2v) is 4.94. The van der Waals surface area contributed by atoms with E-state index < -0.39 is 5.82 Å². The maximum absolute atomic E-state index is 13.4. The van der Waals surface area contributed by atoms with Crippen LogP contribution in [0.4, 0.5) is 4.39 Å². The van der Waals surface area contributed by atoms with E-state index in [1.165, 1.54) is 12.1 Å². The number of carbonyl (C=O) groups is 1. The molecule has 2 nitrogen and oxygen atoms in total. The van der Waals surface area contributed by atoms with E-state index in [0.717, 1.165) is 16.8 Å². The molecule has 0 bridgehead atoms. The fourth-order valence-electron chi connectivity index (χ4n) is 2.16. The highest BCUT2D eigenvalue weighted by Gasteiger charge is 2.08. The molecular weight excluding hydrogens is 291 g/mol. The van der Waals surface area contributed by atoms with E-state index in [0.29, 0.717) is 17.1 Å². The first-order valence-electron chi connectivity index (χ1n) is 6.28. The third-order valence-electron chi connectivity index (χ3n) is 3.09. The quantitative estimate of drug-likeness (QED) is 0.618. The van der Waals surface area contributed by atoms with Crippen molar-refractivity contribution in [3.63, 3.8) is 0 Å². The lowest BCUT2D eigenvalue weighted by Gasteiger charge is -2.10. The van der Waals surface area contributed by atoms with Gasteiger partial charge in [0.15, 0.2) is 0 Å². The Labute approximate surface area is 125 Å². The summed E-state index contributed by atoms with van der Waals surface area (Å²) in [6.45, 7) is 0. The predicted octanol–water partition coefficient (Wildman–Crippen LogP) is 5.24. The molecule has 104 valence electrons. The summed E-state index contributed by atoms with van der Waals surface area (Å²) in [6.07, 6.45) is 0.579. The van der Waals surface area contributed by atoms with E-state index in [1.807, 2.05) is 24.3 Å². The zero-order valence-electron chi connectivity index (χ0n) is 10.8. The van der Waals surface area contributed by atoms with Crippen molar-refractivity contribution in [2.45, 2.75) is 0 Å². The zero-order chi connectivity index (χ0) is 14.8. The van der Waals surface area contributed by atoms with E-state index in [1.54, 1.807) is 12.1 Å². The minimum Gasteiger partial charge on any atom is -0.457 e. The summed E-state index contributed by atoms with van der Waals surface area (Å²) in [5, 5.41) is 2.29. The van der Waals surface area contributed by atoms with Crippen molar-refractivity contribution in [3.8, 4) is 11.5 Å². The molecule has 0 heterocycles. The molecule has 0 unspecified atom stereocenters. The largest absolute Gasteiger partial charge is 0.457 e. The van der Waals surface area contributed by atoms with Crippen LogP contribution in [0.15, 0.2) is 54.6 Å². The summed E-state index contributed by atoms with van der Waals surface area (Å²) < 4.78 is 19.1. The van der Waals surface area contributed by atoms with Crippen molar-refractivity contribution in [3.05, 3.63) is 71.0 Å². The van der Waals surface area contributed by atoms with Crippen LogP contribution in [-0.2, 0) is 0 Å². The molecule has 0 spiro atoms. The third-order valence-corrected chi connectivity index (χ3v) is 3.42. The first-order chi connectivity index (χ1) is 10.2. The molecule has 3 rings (SSSR count).